The number of aryl methyl sites for hydroxylation is 2. The zero-order valence-corrected chi connectivity index (χ0v) is 18.9. The number of aromatic nitrogens is 6. The summed E-state index contributed by atoms with van der Waals surface area (Å²) in [6, 6.07) is 15.5. The molecule has 33 heavy (non-hydrogen) atoms. The molecule has 1 aliphatic rings. The minimum absolute atomic E-state index is 0.206. The first-order valence-electron chi connectivity index (χ1n) is 10.4. The molecule has 0 spiro atoms. The van der Waals surface area contributed by atoms with Gasteiger partial charge in [0.15, 0.2) is 5.65 Å². The van der Waals surface area contributed by atoms with Gasteiger partial charge >= 0.3 is 0 Å². The molecule has 5 aromatic rings. The second-order valence-corrected chi connectivity index (χ2v) is 8.33. The molecule has 4 heterocycles. The van der Waals surface area contributed by atoms with Crippen LogP contribution in [0.15, 0.2) is 54.9 Å². The van der Waals surface area contributed by atoms with Crippen molar-refractivity contribution in [2.75, 3.05) is 7.11 Å². The molecule has 9 heteroatoms. The van der Waals surface area contributed by atoms with Crippen molar-refractivity contribution in [3.8, 4) is 23.2 Å². The van der Waals surface area contributed by atoms with E-state index in [0.717, 1.165) is 33.8 Å². The zero-order chi connectivity index (χ0) is 22.7. The molecular weight excluding hydrogens is 440 g/mol. The van der Waals surface area contributed by atoms with Gasteiger partial charge in [0.2, 0.25) is 11.8 Å². The second-order valence-electron chi connectivity index (χ2n) is 7.89. The van der Waals surface area contributed by atoms with Crippen LogP contribution in [0.1, 0.15) is 34.1 Å². The Hall–Kier alpha value is -3.91. The molecule has 2 aromatic carbocycles. The summed E-state index contributed by atoms with van der Waals surface area (Å²) >= 11 is 6.26. The number of hydrogen-bond acceptors (Lipinski definition) is 6. The van der Waals surface area contributed by atoms with Crippen LogP contribution in [-0.2, 0) is 0 Å². The van der Waals surface area contributed by atoms with E-state index >= 15 is 0 Å². The SMILES string of the molecule is COc1ccc(C2c3c(C)nn(-c4cccc(Cl)c4)c3Oc3ncn4nc(C)nc4c32)cc1. The maximum absolute atomic E-state index is 6.38. The monoisotopic (exact) mass is 458 g/mol. The van der Waals surface area contributed by atoms with Gasteiger partial charge in [0.1, 0.15) is 17.9 Å². The summed E-state index contributed by atoms with van der Waals surface area (Å²) in [7, 11) is 1.66. The van der Waals surface area contributed by atoms with E-state index in [1.165, 1.54) is 0 Å². The van der Waals surface area contributed by atoms with E-state index in [2.05, 4.69) is 15.1 Å². The highest BCUT2D eigenvalue weighted by molar-refractivity contribution is 6.30. The third kappa shape index (κ3) is 3.06. The van der Waals surface area contributed by atoms with Crippen molar-refractivity contribution in [2.45, 2.75) is 19.8 Å². The number of benzene rings is 2. The molecule has 0 fully saturated rings. The Labute approximate surface area is 194 Å². The van der Waals surface area contributed by atoms with E-state index in [9.17, 15) is 0 Å². The van der Waals surface area contributed by atoms with Gasteiger partial charge in [0, 0.05) is 5.02 Å². The van der Waals surface area contributed by atoms with E-state index in [0.29, 0.717) is 28.3 Å². The van der Waals surface area contributed by atoms with E-state index in [1.807, 2.05) is 62.4 Å². The molecule has 6 rings (SSSR count). The highest BCUT2D eigenvalue weighted by Crippen LogP contribution is 2.49. The lowest BCUT2D eigenvalue weighted by molar-refractivity contribution is 0.402. The van der Waals surface area contributed by atoms with E-state index in [1.54, 1.807) is 22.6 Å². The Bertz CT molecular complexity index is 1520. The van der Waals surface area contributed by atoms with Gasteiger partial charge in [0.25, 0.3) is 0 Å². The van der Waals surface area contributed by atoms with Crippen molar-refractivity contribution in [3.63, 3.8) is 0 Å². The third-order valence-electron chi connectivity index (χ3n) is 5.83. The smallest absolute Gasteiger partial charge is 0.230 e. The molecule has 0 radical (unpaired) electrons. The van der Waals surface area contributed by atoms with Crippen LogP contribution in [0, 0.1) is 13.8 Å². The molecular formula is C24H19ClN6O2. The number of fused-ring (bicyclic) bond motifs is 4. The number of methoxy groups -OCH3 is 1. The third-order valence-corrected chi connectivity index (χ3v) is 6.06. The van der Waals surface area contributed by atoms with E-state index in [-0.39, 0.29) is 5.92 Å². The Morgan fingerprint density at radius 1 is 1.03 bits per heavy atom. The Balaban J connectivity index is 1.64. The maximum atomic E-state index is 6.38. The fraction of sp³-hybridized carbons (Fsp3) is 0.167. The summed E-state index contributed by atoms with van der Waals surface area (Å²) in [6.07, 6.45) is 1.62. The zero-order valence-electron chi connectivity index (χ0n) is 18.2. The molecule has 1 aliphatic heterocycles. The van der Waals surface area contributed by atoms with E-state index in [4.69, 9.17) is 26.2 Å². The number of hydrogen-bond donors (Lipinski definition) is 0. The van der Waals surface area contributed by atoms with Crippen LogP contribution < -0.4 is 9.47 Å². The Morgan fingerprint density at radius 2 is 1.85 bits per heavy atom. The molecule has 164 valence electrons. The molecule has 0 saturated heterocycles. The first kappa shape index (κ1) is 19.8. The summed E-state index contributed by atoms with van der Waals surface area (Å²) in [5.74, 6) is 2.33. The van der Waals surface area contributed by atoms with Gasteiger partial charge in [-0.15, -0.1) is 0 Å². The summed E-state index contributed by atoms with van der Waals surface area (Å²) in [4.78, 5) is 9.25. The number of halogens is 1. The fourth-order valence-electron chi connectivity index (χ4n) is 4.40. The van der Waals surface area contributed by atoms with Crippen molar-refractivity contribution in [3.05, 3.63) is 88.1 Å². The lowest BCUT2D eigenvalue weighted by Crippen LogP contribution is -2.16. The van der Waals surface area contributed by atoms with Crippen molar-refractivity contribution >= 4 is 17.2 Å². The average Bonchev–Trinajstić information content (AvgIpc) is 3.37. The molecule has 0 N–H and O–H groups in total. The second kappa shape index (κ2) is 7.31. The lowest BCUT2D eigenvalue weighted by atomic mass is 9.84. The van der Waals surface area contributed by atoms with Gasteiger partial charge in [-0.25, -0.2) is 19.2 Å². The van der Waals surface area contributed by atoms with Gasteiger partial charge in [-0.05, 0) is 49.7 Å². The first-order valence-corrected chi connectivity index (χ1v) is 10.8. The van der Waals surface area contributed by atoms with Crippen molar-refractivity contribution in [1.29, 1.82) is 0 Å². The molecule has 0 bridgehead atoms. The van der Waals surface area contributed by atoms with Gasteiger partial charge < -0.3 is 9.47 Å². The normalized spacial score (nSPS) is 14.6. The number of rotatable bonds is 3. The molecule has 0 amide bonds. The van der Waals surface area contributed by atoms with Crippen LogP contribution in [0.25, 0.3) is 11.3 Å². The van der Waals surface area contributed by atoms with Crippen LogP contribution in [0.2, 0.25) is 5.02 Å². The molecule has 1 unspecified atom stereocenters. The fourth-order valence-corrected chi connectivity index (χ4v) is 4.58. The predicted octanol–water partition coefficient (Wildman–Crippen LogP) is 4.87. The highest BCUT2D eigenvalue weighted by Gasteiger charge is 2.38. The Morgan fingerprint density at radius 3 is 2.61 bits per heavy atom. The summed E-state index contributed by atoms with van der Waals surface area (Å²) in [6.45, 7) is 3.84. The first-order chi connectivity index (χ1) is 16.0. The molecule has 0 aliphatic carbocycles. The minimum Gasteiger partial charge on any atom is -0.497 e. The van der Waals surface area contributed by atoms with Crippen molar-refractivity contribution in [2.24, 2.45) is 0 Å². The molecule has 3 aromatic heterocycles. The van der Waals surface area contributed by atoms with Crippen molar-refractivity contribution in [1.82, 2.24) is 29.4 Å². The summed E-state index contributed by atoms with van der Waals surface area (Å²) in [5, 5.41) is 9.89. The summed E-state index contributed by atoms with van der Waals surface area (Å²) in [5.41, 5.74) is 5.20. The topological polar surface area (TPSA) is 79.4 Å². The van der Waals surface area contributed by atoms with Gasteiger partial charge in [0.05, 0.1) is 35.5 Å². The molecule has 8 nitrogen and oxygen atoms in total. The van der Waals surface area contributed by atoms with E-state index < -0.39 is 0 Å². The van der Waals surface area contributed by atoms with Crippen LogP contribution in [0.5, 0.6) is 17.5 Å². The number of nitrogens with zero attached hydrogens (tertiary/aromatic N) is 6. The summed E-state index contributed by atoms with van der Waals surface area (Å²) < 4.78 is 15.2. The van der Waals surface area contributed by atoms with Crippen LogP contribution in [-0.4, -0.2) is 36.5 Å². The molecule has 1 atom stereocenters. The molecule has 0 saturated carbocycles. The quantitative estimate of drug-likeness (QED) is 0.376. The number of ether oxygens (including phenoxy) is 2. The van der Waals surface area contributed by atoms with Gasteiger partial charge in [-0.3, -0.25) is 0 Å². The van der Waals surface area contributed by atoms with Crippen LogP contribution in [0.4, 0.5) is 0 Å². The van der Waals surface area contributed by atoms with Crippen LogP contribution >= 0.6 is 11.6 Å². The van der Waals surface area contributed by atoms with Gasteiger partial charge in [-0.2, -0.15) is 10.2 Å². The Kier molecular flexibility index (Phi) is 4.38. The lowest BCUT2D eigenvalue weighted by Gasteiger charge is -2.26. The largest absolute Gasteiger partial charge is 0.497 e. The maximum Gasteiger partial charge on any atom is 0.230 e. The van der Waals surface area contributed by atoms with Crippen LogP contribution in [0.3, 0.4) is 0 Å². The standard InChI is InChI=1S/C24H19ClN6O2/c1-13-19-20(15-7-9-18(32-3)10-8-15)21-22-27-14(2)29-30(22)12-26-23(21)33-24(19)31(28-13)17-6-4-5-16(25)11-17/h4-12,20H,1-3H3. The van der Waals surface area contributed by atoms with Gasteiger partial charge in [-0.1, -0.05) is 29.8 Å². The minimum atomic E-state index is -0.206. The van der Waals surface area contributed by atoms with Crippen molar-refractivity contribution < 1.29 is 9.47 Å². The predicted molar refractivity (Wildman–Crippen MR) is 123 cm³/mol. The highest BCUT2D eigenvalue weighted by atomic mass is 35.5. The average molecular weight is 459 g/mol.